The van der Waals surface area contributed by atoms with Gasteiger partial charge in [0.15, 0.2) is 0 Å². The number of hydrogen-bond donors (Lipinski definition) is 1. The minimum absolute atomic E-state index is 0.610. The third kappa shape index (κ3) is 5.13. The van der Waals surface area contributed by atoms with Crippen molar-refractivity contribution in [2.75, 3.05) is 6.54 Å². The van der Waals surface area contributed by atoms with E-state index in [9.17, 15) is 0 Å². The molecule has 0 atom stereocenters. The first-order chi connectivity index (χ1) is 4.31. The molecule has 0 saturated heterocycles. The second kappa shape index (κ2) is 5.40. The van der Waals surface area contributed by atoms with Gasteiger partial charge in [-0.25, -0.2) is 0 Å². The fourth-order valence-corrected chi connectivity index (χ4v) is 0.335. The summed E-state index contributed by atoms with van der Waals surface area (Å²) in [6.45, 7) is 4.61. The van der Waals surface area contributed by atoms with E-state index in [1.165, 1.54) is 0 Å². The lowest BCUT2D eigenvalue weighted by Crippen LogP contribution is -1.98. The molecule has 0 unspecified atom stereocenters. The summed E-state index contributed by atoms with van der Waals surface area (Å²) in [5.74, 6) is 5.83. The van der Waals surface area contributed by atoms with Crippen LogP contribution in [0.3, 0.4) is 0 Å². The van der Waals surface area contributed by atoms with Crippen LogP contribution < -0.4 is 5.73 Å². The van der Waals surface area contributed by atoms with Crippen LogP contribution in [0, 0.1) is 11.8 Å². The third-order valence-corrected chi connectivity index (χ3v) is 0.919. The lowest BCUT2D eigenvalue weighted by atomic mass is 10.3. The van der Waals surface area contributed by atoms with Crippen LogP contribution in [0.1, 0.15) is 20.3 Å². The second-order valence-electron chi connectivity index (χ2n) is 1.87. The summed E-state index contributed by atoms with van der Waals surface area (Å²) in [4.78, 5) is 0. The molecule has 0 heterocycles. The van der Waals surface area contributed by atoms with Gasteiger partial charge in [0, 0.05) is 13.0 Å². The van der Waals surface area contributed by atoms with E-state index in [2.05, 4.69) is 11.8 Å². The number of nitrogens with two attached hydrogens (primary N) is 1. The van der Waals surface area contributed by atoms with Crippen molar-refractivity contribution < 1.29 is 0 Å². The van der Waals surface area contributed by atoms with Crippen molar-refractivity contribution in [2.24, 2.45) is 5.73 Å². The Balaban J connectivity index is 3.68. The molecule has 0 radical (unpaired) electrons. The van der Waals surface area contributed by atoms with E-state index >= 15 is 0 Å². The zero-order chi connectivity index (χ0) is 7.11. The molecule has 0 aliphatic carbocycles. The molecule has 0 aromatic carbocycles. The van der Waals surface area contributed by atoms with E-state index in [4.69, 9.17) is 5.73 Å². The zero-order valence-electron chi connectivity index (χ0n) is 6.07. The molecule has 0 amide bonds. The van der Waals surface area contributed by atoms with Crippen LogP contribution >= 0.6 is 0 Å². The van der Waals surface area contributed by atoms with Crippen LogP contribution in [0.25, 0.3) is 0 Å². The molecule has 0 spiro atoms. The molecule has 0 aromatic heterocycles. The lowest BCUT2D eigenvalue weighted by molar-refractivity contribution is 1.14. The summed E-state index contributed by atoms with van der Waals surface area (Å²) < 4.78 is 0. The van der Waals surface area contributed by atoms with Crippen molar-refractivity contribution in [3.63, 3.8) is 0 Å². The Bertz CT molecular complexity index is 146. The molecular formula is C8H13N. The molecule has 0 rings (SSSR count). The van der Waals surface area contributed by atoms with Gasteiger partial charge < -0.3 is 5.73 Å². The highest BCUT2D eigenvalue weighted by Gasteiger charge is 1.76. The van der Waals surface area contributed by atoms with Crippen molar-refractivity contribution in [1.29, 1.82) is 0 Å². The summed E-state index contributed by atoms with van der Waals surface area (Å²) in [6, 6.07) is 0. The molecule has 0 aliphatic rings. The molecule has 9 heavy (non-hydrogen) atoms. The molecule has 1 heteroatoms. The maximum Gasteiger partial charge on any atom is 0.0143 e. The van der Waals surface area contributed by atoms with Crippen LogP contribution in [-0.4, -0.2) is 6.54 Å². The molecule has 0 aromatic rings. The monoisotopic (exact) mass is 123 g/mol. The number of allylic oxidation sites excluding steroid dienone is 1. The highest BCUT2D eigenvalue weighted by Crippen LogP contribution is 1.84. The first kappa shape index (κ1) is 8.26. The van der Waals surface area contributed by atoms with Gasteiger partial charge in [-0.2, -0.15) is 0 Å². The highest BCUT2D eigenvalue weighted by molar-refractivity contribution is 5.20. The van der Waals surface area contributed by atoms with Crippen molar-refractivity contribution >= 4 is 0 Å². The van der Waals surface area contributed by atoms with Gasteiger partial charge in [-0.05, 0) is 13.0 Å². The average Bonchev–Trinajstić information content (AvgIpc) is 1.89. The SMILES string of the molecule is CCC#C/C=C(\C)CN. The first-order valence-corrected chi connectivity index (χ1v) is 3.15. The summed E-state index contributed by atoms with van der Waals surface area (Å²) in [5, 5.41) is 0. The van der Waals surface area contributed by atoms with Gasteiger partial charge >= 0.3 is 0 Å². The van der Waals surface area contributed by atoms with Crippen LogP contribution in [-0.2, 0) is 0 Å². The Morgan fingerprint density at radius 3 is 2.78 bits per heavy atom. The quantitative estimate of drug-likeness (QED) is 0.523. The molecule has 0 saturated carbocycles. The highest BCUT2D eigenvalue weighted by atomic mass is 14.5. The molecule has 0 bridgehead atoms. The molecule has 0 fully saturated rings. The van der Waals surface area contributed by atoms with Gasteiger partial charge in [0.2, 0.25) is 0 Å². The van der Waals surface area contributed by atoms with Crippen molar-refractivity contribution in [3.05, 3.63) is 11.6 Å². The minimum atomic E-state index is 0.610. The third-order valence-electron chi connectivity index (χ3n) is 0.919. The second-order valence-corrected chi connectivity index (χ2v) is 1.87. The largest absolute Gasteiger partial charge is 0.327 e. The lowest BCUT2D eigenvalue weighted by Gasteiger charge is -1.86. The predicted molar refractivity (Wildman–Crippen MR) is 40.9 cm³/mol. The minimum Gasteiger partial charge on any atom is -0.327 e. The molecule has 0 aliphatic heterocycles. The Morgan fingerprint density at radius 2 is 2.33 bits per heavy atom. The molecule has 2 N–H and O–H groups in total. The molecule has 50 valence electrons. The fraction of sp³-hybridized carbons (Fsp3) is 0.500. The van der Waals surface area contributed by atoms with Gasteiger partial charge in [-0.15, -0.1) is 0 Å². The van der Waals surface area contributed by atoms with Gasteiger partial charge in [0.1, 0.15) is 0 Å². The van der Waals surface area contributed by atoms with E-state index in [0.717, 1.165) is 12.0 Å². The van der Waals surface area contributed by atoms with E-state index in [0.29, 0.717) is 6.54 Å². The smallest absolute Gasteiger partial charge is 0.0143 e. The van der Waals surface area contributed by atoms with Crippen LogP contribution in [0.4, 0.5) is 0 Å². The maximum atomic E-state index is 5.32. The van der Waals surface area contributed by atoms with E-state index in [1.807, 2.05) is 19.9 Å². The Kier molecular flexibility index (Phi) is 4.95. The Labute approximate surface area is 56.9 Å². The summed E-state index contributed by atoms with van der Waals surface area (Å²) in [5.41, 5.74) is 6.45. The van der Waals surface area contributed by atoms with Crippen molar-refractivity contribution in [2.45, 2.75) is 20.3 Å². The number of hydrogen-bond acceptors (Lipinski definition) is 1. The average molecular weight is 123 g/mol. The van der Waals surface area contributed by atoms with Crippen LogP contribution in [0.15, 0.2) is 11.6 Å². The van der Waals surface area contributed by atoms with Gasteiger partial charge in [-0.3, -0.25) is 0 Å². The standard InChI is InChI=1S/C8H13N/c1-3-4-5-6-8(2)7-9/h6H,3,7,9H2,1-2H3/b8-6+. The van der Waals surface area contributed by atoms with Crippen molar-refractivity contribution in [1.82, 2.24) is 0 Å². The normalized spacial score (nSPS) is 10.3. The fourth-order valence-electron chi connectivity index (χ4n) is 0.335. The van der Waals surface area contributed by atoms with Gasteiger partial charge in [-0.1, -0.05) is 24.3 Å². The maximum absolute atomic E-state index is 5.32. The van der Waals surface area contributed by atoms with Crippen LogP contribution in [0.2, 0.25) is 0 Å². The summed E-state index contributed by atoms with van der Waals surface area (Å²) in [6.07, 6.45) is 2.78. The Morgan fingerprint density at radius 1 is 1.67 bits per heavy atom. The van der Waals surface area contributed by atoms with E-state index in [-0.39, 0.29) is 0 Å². The summed E-state index contributed by atoms with van der Waals surface area (Å²) >= 11 is 0. The summed E-state index contributed by atoms with van der Waals surface area (Å²) in [7, 11) is 0. The first-order valence-electron chi connectivity index (χ1n) is 3.15. The van der Waals surface area contributed by atoms with Crippen LogP contribution in [0.5, 0.6) is 0 Å². The predicted octanol–water partition coefficient (Wildman–Crippen LogP) is 1.30. The molecular weight excluding hydrogens is 110 g/mol. The van der Waals surface area contributed by atoms with Gasteiger partial charge in [0.25, 0.3) is 0 Å². The van der Waals surface area contributed by atoms with Gasteiger partial charge in [0.05, 0.1) is 0 Å². The van der Waals surface area contributed by atoms with E-state index < -0.39 is 0 Å². The van der Waals surface area contributed by atoms with E-state index in [1.54, 1.807) is 0 Å². The topological polar surface area (TPSA) is 26.0 Å². The molecule has 1 nitrogen and oxygen atoms in total. The zero-order valence-corrected chi connectivity index (χ0v) is 6.07. The Hall–Kier alpha value is -0.740. The van der Waals surface area contributed by atoms with Crippen molar-refractivity contribution in [3.8, 4) is 11.8 Å². The number of rotatable bonds is 1.